The number of nitrogens with one attached hydrogen (secondary N) is 1. The van der Waals surface area contributed by atoms with Crippen LogP contribution in [0.4, 0.5) is 13.2 Å². The van der Waals surface area contributed by atoms with Gasteiger partial charge < -0.3 is 9.84 Å². The van der Waals surface area contributed by atoms with Crippen LogP contribution in [-0.4, -0.2) is 23.6 Å². The first-order valence-corrected chi connectivity index (χ1v) is 7.47. The molecule has 0 aliphatic carbocycles. The largest absolute Gasteiger partial charge is 0.593 e. The van der Waals surface area contributed by atoms with Gasteiger partial charge in [0.05, 0.1) is 12.2 Å². The summed E-state index contributed by atoms with van der Waals surface area (Å²) in [4.78, 5) is 0. The van der Waals surface area contributed by atoms with Crippen LogP contribution in [-0.2, 0) is 12.8 Å². The predicted molar refractivity (Wildman–Crippen MR) is 81.5 cm³/mol. The third kappa shape index (κ3) is 3.93. The van der Waals surface area contributed by atoms with Crippen molar-refractivity contribution in [3.63, 3.8) is 0 Å². The molecule has 0 radical (unpaired) electrons. The Morgan fingerprint density at radius 3 is 2.23 bits per heavy atom. The number of hydrogen-bond acceptors (Lipinski definition) is 2. The molecular weight excluding hydrogens is 295 g/mol. The smallest absolute Gasteiger partial charge is 0.433 e. The first kappa shape index (κ1) is 18.3. The Morgan fingerprint density at radius 1 is 1.18 bits per heavy atom. The summed E-state index contributed by atoms with van der Waals surface area (Å²) >= 11 is 0. The molecule has 0 amide bonds. The Bertz CT molecular complexity index is 539. The fraction of sp³-hybridized carbons (Fsp3) is 0.562. The molecule has 0 unspecified atom stereocenters. The maximum atomic E-state index is 12.9. The molecule has 0 aromatic heterocycles. The molecule has 6 heteroatoms. The first-order valence-electron chi connectivity index (χ1n) is 7.47. The average molecular weight is 318 g/mol. The van der Waals surface area contributed by atoms with Crippen LogP contribution in [0.25, 0.3) is 0 Å². The maximum absolute atomic E-state index is 12.9. The Kier molecular flexibility index (Phi) is 6.26. The van der Waals surface area contributed by atoms with Crippen molar-refractivity contribution in [1.82, 2.24) is 0 Å². The summed E-state index contributed by atoms with van der Waals surface area (Å²) in [6.45, 7) is 6.03. The first-order chi connectivity index (χ1) is 10.3. The molecule has 0 aliphatic heterocycles. The van der Waals surface area contributed by atoms with E-state index in [0.29, 0.717) is 42.7 Å². The highest BCUT2D eigenvalue weighted by molar-refractivity contribution is 6.05. The molecular formula is C16H23F3NO2+. The average Bonchev–Trinajstić information content (AvgIpc) is 2.44. The highest BCUT2D eigenvalue weighted by Crippen LogP contribution is 2.39. The van der Waals surface area contributed by atoms with Gasteiger partial charge in [0.2, 0.25) is 0 Å². The zero-order valence-corrected chi connectivity index (χ0v) is 13.2. The summed E-state index contributed by atoms with van der Waals surface area (Å²) in [5, 5.41) is 15.5. The second kappa shape index (κ2) is 7.51. The maximum Gasteiger partial charge on any atom is 0.433 e. The van der Waals surface area contributed by atoms with E-state index in [9.17, 15) is 13.2 Å². The van der Waals surface area contributed by atoms with Crippen LogP contribution in [0, 0.1) is 5.41 Å². The van der Waals surface area contributed by atoms with Gasteiger partial charge in [-0.2, -0.15) is 13.2 Å². The van der Waals surface area contributed by atoms with Gasteiger partial charge in [0, 0.05) is 0 Å². The lowest BCUT2D eigenvalue weighted by atomic mass is 9.94. The van der Waals surface area contributed by atoms with E-state index in [1.54, 1.807) is 6.92 Å². The molecule has 124 valence electrons. The van der Waals surface area contributed by atoms with Crippen LogP contribution >= 0.6 is 0 Å². The minimum absolute atomic E-state index is 0.243. The Labute approximate surface area is 128 Å². The minimum atomic E-state index is -4.75. The highest BCUT2D eigenvalue weighted by atomic mass is 19.4. The van der Waals surface area contributed by atoms with Gasteiger partial charge in [-0.25, -0.2) is 0 Å². The summed E-state index contributed by atoms with van der Waals surface area (Å²) in [6, 6.07) is 1.30. The molecule has 0 saturated carbocycles. The summed E-state index contributed by atoms with van der Waals surface area (Å²) in [7, 11) is 0. The second-order valence-corrected chi connectivity index (χ2v) is 5.07. The van der Waals surface area contributed by atoms with Crippen molar-refractivity contribution in [2.75, 3.05) is 6.61 Å². The fourth-order valence-electron chi connectivity index (χ4n) is 2.40. The molecule has 0 heterocycles. The van der Waals surface area contributed by atoms with Gasteiger partial charge in [0.15, 0.2) is 5.71 Å². The topological polar surface area (TPSA) is 56.0 Å². The monoisotopic (exact) mass is 318 g/mol. The number of aryl methyl sites for hydroxylation is 1. The molecule has 1 rings (SSSR count). The summed E-state index contributed by atoms with van der Waals surface area (Å²) in [5.41, 5.74) is -0.704. The lowest BCUT2D eigenvalue weighted by Crippen LogP contribution is -2.23. The molecule has 0 bridgehead atoms. The molecule has 0 spiro atoms. The molecule has 0 fully saturated rings. The van der Waals surface area contributed by atoms with Gasteiger partial charge in [-0.05, 0) is 31.4 Å². The van der Waals surface area contributed by atoms with Gasteiger partial charge in [0.25, 0.3) is 5.75 Å². The minimum Gasteiger partial charge on any atom is -0.593 e. The number of benzene rings is 1. The number of ether oxygens (including phenoxy) is 1. The Balaban J connectivity index is 3.56. The SMILES string of the molecule is CCCc1cc(C(=N)C(F)(F)F)c([OH2+])c(CCC)c1OCC. The number of alkyl halides is 3. The van der Waals surface area contributed by atoms with Crippen molar-refractivity contribution >= 4 is 5.71 Å². The third-order valence-corrected chi connectivity index (χ3v) is 3.32. The van der Waals surface area contributed by atoms with Crippen LogP contribution in [0.5, 0.6) is 11.5 Å². The van der Waals surface area contributed by atoms with Crippen LogP contribution in [0.15, 0.2) is 6.07 Å². The predicted octanol–water partition coefficient (Wildman–Crippen LogP) is 4.36. The Hall–Kier alpha value is -1.72. The van der Waals surface area contributed by atoms with Crippen LogP contribution in [0.2, 0.25) is 0 Å². The van der Waals surface area contributed by atoms with E-state index in [1.165, 1.54) is 6.07 Å². The lowest BCUT2D eigenvalue weighted by molar-refractivity contribution is -0.0588. The molecule has 0 saturated heterocycles. The normalized spacial score (nSPS) is 11.5. The van der Waals surface area contributed by atoms with E-state index in [1.807, 2.05) is 13.8 Å². The van der Waals surface area contributed by atoms with Crippen molar-refractivity contribution in [1.29, 1.82) is 5.41 Å². The molecule has 0 aliphatic rings. The van der Waals surface area contributed by atoms with E-state index in [0.717, 1.165) is 6.42 Å². The van der Waals surface area contributed by atoms with E-state index in [-0.39, 0.29) is 11.3 Å². The van der Waals surface area contributed by atoms with Crippen molar-refractivity contribution in [3.8, 4) is 11.5 Å². The molecule has 0 atom stereocenters. The fourth-order valence-corrected chi connectivity index (χ4v) is 2.40. The van der Waals surface area contributed by atoms with Crippen molar-refractivity contribution in [3.05, 3.63) is 22.8 Å². The highest BCUT2D eigenvalue weighted by Gasteiger charge is 2.39. The second-order valence-electron chi connectivity index (χ2n) is 5.07. The van der Waals surface area contributed by atoms with E-state index >= 15 is 0 Å². The van der Waals surface area contributed by atoms with E-state index in [4.69, 9.17) is 15.3 Å². The van der Waals surface area contributed by atoms with E-state index in [2.05, 4.69) is 0 Å². The summed E-state index contributed by atoms with van der Waals surface area (Å²) < 4.78 is 44.2. The van der Waals surface area contributed by atoms with Crippen LogP contribution in [0.1, 0.15) is 50.3 Å². The van der Waals surface area contributed by atoms with Crippen molar-refractivity contribution in [2.24, 2.45) is 0 Å². The lowest BCUT2D eigenvalue weighted by Gasteiger charge is -2.18. The summed E-state index contributed by atoms with van der Waals surface area (Å²) in [5.74, 6) is 0.280. The van der Waals surface area contributed by atoms with E-state index < -0.39 is 11.9 Å². The van der Waals surface area contributed by atoms with Gasteiger partial charge in [-0.1, -0.05) is 26.7 Å². The Morgan fingerprint density at radius 2 is 1.77 bits per heavy atom. The zero-order valence-electron chi connectivity index (χ0n) is 13.2. The van der Waals surface area contributed by atoms with Crippen LogP contribution < -0.4 is 4.74 Å². The van der Waals surface area contributed by atoms with Crippen molar-refractivity contribution < 1.29 is 23.0 Å². The number of hydrogen-bond donors (Lipinski definition) is 1. The van der Waals surface area contributed by atoms with Crippen molar-refractivity contribution in [2.45, 2.75) is 52.6 Å². The van der Waals surface area contributed by atoms with Gasteiger partial charge in [-0.3, -0.25) is 5.41 Å². The molecule has 3 nitrogen and oxygen atoms in total. The third-order valence-electron chi connectivity index (χ3n) is 3.32. The standard InChI is InChI=1S/C16H22F3NO2/c1-4-7-10-9-12(15(20)16(17,18)19)13(21)11(8-5-2)14(10)22-6-3/h9,20-21H,4-8H2,1-3H3/p+1. The molecule has 1 aromatic carbocycles. The van der Waals surface area contributed by atoms with Gasteiger partial charge >= 0.3 is 6.18 Å². The molecule has 22 heavy (non-hydrogen) atoms. The quantitative estimate of drug-likeness (QED) is 0.589. The summed E-state index contributed by atoms with van der Waals surface area (Å²) in [6.07, 6.45) is -2.29. The van der Waals surface area contributed by atoms with Gasteiger partial charge in [0.1, 0.15) is 11.3 Å². The number of halogens is 3. The molecule has 1 aromatic rings. The number of rotatable bonds is 7. The van der Waals surface area contributed by atoms with Gasteiger partial charge in [-0.15, -0.1) is 0 Å². The zero-order chi connectivity index (χ0) is 16.9. The van der Waals surface area contributed by atoms with Crippen LogP contribution in [0.3, 0.4) is 0 Å². The molecule has 3 N–H and O–H groups in total.